The van der Waals surface area contributed by atoms with E-state index in [1.807, 2.05) is 0 Å². The zero-order chi connectivity index (χ0) is 29.5. The quantitative estimate of drug-likeness (QED) is 0.0718. The summed E-state index contributed by atoms with van der Waals surface area (Å²) >= 11 is 0. The monoisotopic (exact) mass is 601 g/mol. The van der Waals surface area contributed by atoms with Gasteiger partial charge in [0.25, 0.3) is 17.5 Å². The van der Waals surface area contributed by atoms with E-state index >= 15 is 0 Å². The molecule has 1 saturated heterocycles. The fraction of sp³-hybridized carbons (Fsp3) is 0.609. The van der Waals surface area contributed by atoms with Crippen LogP contribution in [0.2, 0.25) is 45.3 Å². The van der Waals surface area contributed by atoms with Crippen molar-refractivity contribution in [3.8, 4) is 11.5 Å². The van der Waals surface area contributed by atoms with E-state index in [9.17, 15) is 24.5 Å². The van der Waals surface area contributed by atoms with Crippen LogP contribution in [0.5, 0.6) is 11.5 Å². The number of hydroxylamine groups is 2. The summed E-state index contributed by atoms with van der Waals surface area (Å²) in [5.74, 6) is -0.995. The second kappa shape index (κ2) is 13.5. The summed E-state index contributed by atoms with van der Waals surface area (Å²) < 4.78 is 28.9. The molecule has 0 aliphatic carbocycles. The Morgan fingerprint density at radius 1 is 1.05 bits per heavy atom. The van der Waals surface area contributed by atoms with Gasteiger partial charge < -0.3 is 22.4 Å². The number of nitro groups is 1. The van der Waals surface area contributed by atoms with Gasteiger partial charge in [0.2, 0.25) is 0 Å². The first-order valence-electron chi connectivity index (χ1n) is 12.5. The van der Waals surface area contributed by atoms with Crippen LogP contribution < -0.4 is 9.47 Å². The van der Waals surface area contributed by atoms with E-state index in [0.29, 0.717) is 17.5 Å². The molecular weight excluding hydrogens is 565 g/mol. The van der Waals surface area contributed by atoms with E-state index in [1.165, 1.54) is 26.2 Å². The Morgan fingerprint density at radius 3 is 2.10 bits per heavy atom. The van der Waals surface area contributed by atoms with Gasteiger partial charge in [-0.3, -0.25) is 24.5 Å². The lowest BCUT2D eigenvalue weighted by Crippen LogP contribution is -2.43. The van der Waals surface area contributed by atoms with E-state index in [4.69, 9.17) is 22.4 Å². The highest BCUT2D eigenvalue weighted by molar-refractivity contribution is 6.81. The van der Waals surface area contributed by atoms with Crippen molar-refractivity contribution in [2.75, 3.05) is 13.7 Å². The van der Waals surface area contributed by atoms with Gasteiger partial charge in [-0.05, 0) is 64.7 Å². The van der Waals surface area contributed by atoms with Crippen molar-refractivity contribution in [2.45, 2.75) is 77.6 Å². The fourth-order valence-corrected chi connectivity index (χ4v) is 10.7. The number of imide groups is 1. The molecule has 0 bridgehead atoms. The summed E-state index contributed by atoms with van der Waals surface area (Å²) in [6.07, 6.45) is -2.06. The third kappa shape index (κ3) is 10.4. The molecule has 1 atom stereocenters. The van der Waals surface area contributed by atoms with Crippen LogP contribution in [0, 0.1) is 10.1 Å². The lowest BCUT2D eigenvalue weighted by atomic mass is 10.1. The summed E-state index contributed by atoms with van der Waals surface area (Å²) in [6.45, 7) is 14.3. The highest BCUT2D eigenvalue weighted by Crippen LogP contribution is 2.39. The van der Waals surface area contributed by atoms with Gasteiger partial charge >= 0.3 is 15.4 Å². The van der Waals surface area contributed by atoms with Crippen LogP contribution in [-0.4, -0.2) is 67.6 Å². The minimum Gasteiger partial charge on any atom is -0.493 e. The van der Waals surface area contributed by atoms with Gasteiger partial charge in [-0.25, -0.2) is 4.79 Å². The number of ether oxygens (including phenoxy) is 3. The number of benzene rings is 1. The molecule has 0 spiro atoms. The number of methoxy groups -OCH3 is 1. The molecule has 1 aromatic rings. The zero-order valence-electron chi connectivity index (χ0n) is 23.7. The number of amides is 2. The summed E-state index contributed by atoms with van der Waals surface area (Å²) in [6, 6.07) is 3.24. The van der Waals surface area contributed by atoms with E-state index in [1.54, 1.807) is 0 Å². The van der Waals surface area contributed by atoms with Gasteiger partial charge in [0, 0.05) is 12.8 Å². The molecule has 217 valence electrons. The SMILES string of the molecule is COc1cc(C(C)OC(=O)ON2C(=O)CCC2=O)c([N+](=O)[O-])cc1OCCC[Si](O[Si](C)(C)C)O[Si](C)(C)C. The number of rotatable bonds is 14. The lowest BCUT2D eigenvalue weighted by Gasteiger charge is -2.29. The van der Waals surface area contributed by atoms with Crippen molar-refractivity contribution >= 4 is 49.6 Å². The largest absolute Gasteiger partial charge is 0.534 e. The molecule has 1 fully saturated rings. The van der Waals surface area contributed by atoms with E-state index in [2.05, 4.69) is 44.1 Å². The Hall–Kier alpha value is -2.80. The molecular formula is C23H37N2O11Si3. The van der Waals surface area contributed by atoms with Gasteiger partial charge in [0.1, 0.15) is 6.10 Å². The normalized spacial score (nSPS) is 14.9. The topological polar surface area (TPSA) is 153 Å². The summed E-state index contributed by atoms with van der Waals surface area (Å²) in [7, 11) is -3.71. The molecule has 1 unspecified atom stereocenters. The van der Waals surface area contributed by atoms with Crippen molar-refractivity contribution in [1.29, 1.82) is 0 Å². The number of hydrogen-bond donors (Lipinski definition) is 0. The van der Waals surface area contributed by atoms with Crippen molar-refractivity contribution in [3.63, 3.8) is 0 Å². The Bertz CT molecular complexity index is 1040. The summed E-state index contributed by atoms with van der Waals surface area (Å²) in [4.78, 5) is 51.3. The summed E-state index contributed by atoms with van der Waals surface area (Å²) in [5, 5.41) is 12.2. The van der Waals surface area contributed by atoms with Crippen LogP contribution in [-0.2, 0) is 27.4 Å². The number of carbonyl (C=O) groups excluding carboxylic acids is 3. The highest BCUT2D eigenvalue weighted by Gasteiger charge is 2.35. The number of hydrogen-bond acceptors (Lipinski definition) is 11. The standard InChI is InChI=1S/C23H37N2O11Si3/c1-16(33-23(28)34-24-21(26)10-11-22(24)27)17-14-19(31-2)20(15-18(17)25(29)30)32-12-9-13-37(35-38(3,4)5)36-39(6,7)8/h14-16H,9-13H2,1-8H3. The van der Waals surface area contributed by atoms with Crippen molar-refractivity contribution < 1.29 is 46.6 Å². The predicted molar refractivity (Wildman–Crippen MR) is 146 cm³/mol. The number of nitro benzene ring substituents is 1. The second-order valence-electron chi connectivity index (χ2n) is 10.8. The van der Waals surface area contributed by atoms with Crippen LogP contribution in [0.1, 0.15) is 37.9 Å². The maximum absolute atomic E-state index is 12.1. The van der Waals surface area contributed by atoms with Gasteiger partial charge in [-0.1, -0.05) is 5.06 Å². The predicted octanol–water partition coefficient (Wildman–Crippen LogP) is 4.84. The van der Waals surface area contributed by atoms with Crippen LogP contribution in [0.25, 0.3) is 0 Å². The second-order valence-corrected chi connectivity index (χ2v) is 22.1. The highest BCUT2D eigenvalue weighted by atomic mass is 28.4. The van der Waals surface area contributed by atoms with Gasteiger partial charge in [0.15, 0.2) is 28.1 Å². The Labute approximate surface area is 231 Å². The molecule has 13 nitrogen and oxygen atoms in total. The Kier molecular flexibility index (Phi) is 11.2. The Morgan fingerprint density at radius 2 is 1.62 bits per heavy atom. The van der Waals surface area contributed by atoms with E-state index in [0.717, 1.165) is 0 Å². The van der Waals surface area contributed by atoms with Gasteiger partial charge in [-0.15, -0.1) is 0 Å². The molecule has 0 aromatic heterocycles. The summed E-state index contributed by atoms with van der Waals surface area (Å²) in [5.41, 5.74) is -0.355. The van der Waals surface area contributed by atoms with Gasteiger partial charge in [-0.2, -0.15) is 0 Å². The zero-order valence-corrected chi connectivity index (χ0v) is 26.7. The maximum Gasteiger partial charge on any atom is 0.534 e. The first kappa shape index (κ1) is 32.4. The molecule has 1 aliphatic heterocycles. The minimum absolute atomic E-state index is 0.0118. The average Bonchev–Trinajstić information content (AvgIpc) is 3.11. The maximum atomic E-state index is 12.1. The molecule has 0 N–H and O–H groups in total. The van der Waals surface area contributed by atoms with E-state index in [-0.39, 0.29) is 42.2 Å². The molecule has 0 saturated carbocycles. The molecule has 2 rings (SSSR count). The molecule has 1 aromatic carbocycles. The van der Waals surface area contributed by atoms with E-state index < -0.39 is 54.9 Å². The van der Waals surface area contributed by atoms with Crippen molar-refractivity contribution in [2.24, 2.45) is 0 Å². The van der Waals surface area contributed by atoms with Crippen molar-refractivity contribution in [1.82, 2.24) is 5.06 Å². The Balaban J connectivity index is 2.10. The van der Waals surface area contributed by atoms with Crippen molar-refractivity contribution in [3.05, 3.63) is 27.8 Å². The van der Waals surface area contributed by atoms with Gasteiger partial charge in [0.05, 0.1) is 30.3 Å². The fourth-order valence-electron chi connectivity index (χ4n) is 3.49. The first-order chi connectivity index (χ1) is 18.0. The van der Waals surface area contributed by atoms with Crippen LogP contribution in [0.15, 0.2) is 12.1 Å². The number of carbonyl (C=O) groups is 3. The minimum atomic E-state index is -1.80. The first-order valence-corrected chi connectivity index (χ1v) is 20.8. The van der Waals surface area contributed by atoms with Crippen LogP contribution in [0.3, 0.4) is 0 Å². The van der Waals surface area contributed by atoms with Crippen LogP contribution >= 0.6 is 0 Å². The third-order valence-electron chi connectivity index (χ3n) is 5.02. The smallest absolute Gasteiger partial charge is 0.493 e. The average molecular weight is 602 g/mol. The molecule has 39 heavy (non-hydrogen) atoms. The molecule has 1 aliphatic rings. The third-order valence-corrected chi connectivity index (χ3v) is 12.5. The lowest BCUT2D eigenvalue weighted by molar-refractivity contribution is -0.386. The molecule has 1 radical (unpaired) electrons. The number of nitrogens with zero attached hydrogens (tertiary/aromatic N) is 2. The molecule has 1 heterocycles. The molecule has 16 heteroatoms. The van der Waals surface area contributed by atoms with Crippen LogP contribution in [0.4, 0.5) is 10.5 Å². The molecule has 2 amide bonds.